The van der Waals surface area contributed by atoms with Crippen LogP contribution in [0.25, 0.3) is 11.0 Å². The van der Waals surface area contributed by atoms with Crippen LogP contribution in [0.1, 0.15) is 18.4 Å². The fraction of sp³-hybridized carbons (Fsp3) is 0.357. The molecule has 0 aliphatic heterocycles. The standard InChI is InChI=1S/C14H17NO3/c16-9-3-6-14(17)15-8-7-11-10-18-13-5-2-1-4-12(11)13/h1-2,4-5,10,16H,3,6-9H2,(H,15,17). The van der Waals surface area contributed by atoms with Gasteiger partial charge in [-0.15, -0.1) is 0 Å². The largest absolute Gasteiger partial charge is 0.464 e. The van der Waals surface area contributed by atoms with Gasteiger partial charge >= 0.3 is 0 Å². The Morgan fingerprint density at radius 3 is 3.00 bits per heavy atom. The molecule has 2 aromatic rings. The van der Waals surface area contributed by atoms with Gasteiger partial charge in [0.25, 0.3) is 0 Å². The molecule has 18 heavy (non-hydrogen) atoms. The maximum absolute atomic E-state index is 11.3. The van der Waals surface area contributed by atoms with Gasteiger partial charge in [0.1, 0.15) is 5.58 Å². The van der Waals surface area contributed by atoms with Gasteiger partial charge in [0.2, 0.25) is 5.91 Å². The quantitative estimate of drug-likeness (QED) is 0.819. The van der Waals surface area contributed by atoms with Gasteiger partial charge < -0.3 is 14.8 Å². The number of fused-ring (bicyclic) bond motifs is 1. The molecule has 1 amide bonds. The maximum atomic E-state index is 11.3. The average Bonchev–Trinajstić information content (AvgIpc) is 2.80. The highest BCUT2D eigenvalue weighted by atomic mass is 16.3. The zero-order valence-electron chi connectivity index (χ0n) is 10.2. The highest BCUT2D eigenvalue weighted by Crippen LogP contribution is 2.20. The third kappa shape index (κ3) is 3.11. The molecular weight excluding hydrogens is 230 g/mol. The molecule has 0 aliphatic rings. The van der Waals surface area contributed by atoms with Gasteiger partial charge in [-0.25, -0.2) is 0 Å². The third-order valence-electron chi connectivity index (χ3n) is 2.84. The Hall–Kier alpha value is -1.81. The second-order valence-electron chi connectivity index (χ2n) is 4.18. The minimum absolute atomic E-state index is 0.0168. The molecule has 1 aromatic heterocycles. The van der Waals surface area contributed by atoms with E-state index >= 15 is 0 Å². The second kappa shape index (κ2) is 6.21. The van der Waals surface area contributed by atoms with Crippen molar-refractivity contribution in [2.24, 2.45) is 0 Å². The summed E-state index contributed by atoms with van der Waals surface area (Å²) in [4.78, 5) is 11.3. The van der Waals surface area contributed by atoms with Crippen LogP contribution in [-0.2, 0) is 11.2 Å². The van der Waals surface area contributed by atoms with Crippen molar-refractivity contribution in [2.45, 2.75) is 19.3 Å². The SMILES string of the molecule is O=C(CCCO)NCCc1coc2ccccc12. The Morgan fingerprint density at radius 2 is 2.17 bits per heavy atom. The number of carbonyl (C=O) groups is 1. The topological polar surface area (TPSA) is 62.5 Å². The number of amides is 1. The predicted molar refractivity (Wildman–Crippen MR) is 69.2 cm³/mol. The number of hydrogen-bond donors (Lipinski definition) is 2. The first-order valence-corrected chi connectivity index (χ1v) is 6.14. The van der Waals surface area contributed by atoms with Crippen LogP contribution in [-0.4, -0.2) is 24.2 Å². The van der Waals surface area contributed by atoms with Crippen molar-refractivity contribution in [3.8, 4) is 0 Å². The van der Waals surface area contributed by atoms with Crippen LogP contribution >= 0.6 is 0 Å². The number of benzene rings is 1. The zero-order chi connectivity index (χ0) is 12.8. The normalized spacial score (nSPS) is 10.7. The predicted octanol–water partition coefficient (Wildman–Crippen LogP) is 1.86. The summed E-state index contributed by atoms with van der Waals surface area (Å²) in [5.74, 6) is -0.0168. The first kappa shape index (κ1) is 12.6. The molecule has 0 spiro atoms. The second-order valence-corrected chi connectivity index (χ2v) is 4.18. The van der Waals surface area contributed by atoms with E-state index in [4.69, 9.17) is 9.52 Å². The molecule has 0 radical (unpaired) electrons. The summed E-state index contributed by atoms with van der Waals surface area (Å²) in [5, 5.41) is 12.5. The van der Waals surface area contributed by atoms with Crippen LogP contribution < -0.4 is 5.32 Å². The van der Waals surface area contributed by atoms with E-state index in [1.807, 2.05) is 24.3 Å². The molecule has 96 valence electrons. The monoisotopic (exact) mass is 247 g/mol. The van der Waals surface area contributed by atoms with Gasteiger partial charge in [0, 0.05) is 25.0 Å². The average molecular weight is 247 g/mol. The lowest BCUT2D eigenvalue weighted by molar-refractivity contribution is -0.121. The van der Waals surface area contributed by atoms with E-state index in [1.54, 1.807) is 6.26 Å². The molecule has 4 heteroatoms. The summed E-state index contributed by atoms with van der Waals surface area (Å²) in [5.41, 5.74) is 1.98. The molecule has 4 nitrogen and oxygen atoms in total. The molecule has 0 unspecified atom stereocenters. The smallest absolute Gasteiger partial charge is 0.220 e. The van der Waals surface area contributed by atoms with E-state index in [2.05, 4.69) is 5.32 Å². The minimum Gasteiger partial charge on any atom is -0.464 e. The summed E-state index contributed by atoms with van der Waals surface area (Å²) in [6.07, 6.45) is 3.38. The van der Waals surface area contributed by atoms with E-state index in [-0.39, 0.29) is 12.5 Å². The van der Waals surface area contributed by atoms with E-state index < -0.39 is 0 Å². The van der Waals surface area contributed by atoms with E-state index in [0.717, 1.165) is 23.0 Å². The molecule has 0 aliphatic carbocycles. The van der Waals surface area contributed by atoms with Gasteiger partial charge in [-0.1, -0.05) is 18.2 Å². The lowest BCUT2D eigenvalue weighted by Gasteiger charge is -2.03. The van der Waals surface area contributed by atoms with Gasteiger partial charge in [-0.3, -0.25) is 4.79 Å². The van der Waals surface area contributed by atoms with Crippen molar-refractivity contribution in [1.82, 2.24) is 5.32 Å². The number of nitrogens with one attached hydrogen (secondary N) is 1. The molecule has 2 N–H and O–H groups in total. The summed E-state index contributed by atoms with van der Waals surface area (Å²) >= 11 is 0. The van der Waals surface area contributed by atoms with Gasteiger partial charge in [0.05, 0.1) is 6.26 Å². The summed E-state index contributed by atoms with van der Waals surface area (Å²) in [7, 11) is 0. The van der Waals surface area contributed by atoms with E-state index in [0.29, 0.717) is 19.4 Å². The van der Waals surface area contributed by atoms with Crippen molar-refractivity contribution >= 4 is 16.9 Å². The molecule has 0 atom stereocenters. The lowest BCUT2D eigenvalue weighted by atomic mass is 10.1. The Labute approximate surface area is 106 Å². The number of aliphatic hydroxyl groups excluding tert-OH is 1. The minimum atomic E-state index is -0.0168. The van der Waals surface area contributed by atoms with Crippen LogP contribution in [0.15, 0.2) is 34.9 Å². The number of aliphatic hydroxyl groups is 1. The lowest BCUT2D eigenvalue weighted by Crippen LogP contribution is -2.25. The fourth-order valence-electron chi connectivity index (χ4n) is 1.89. The first-order chi connectivity index (χ1) is 8.81. The molecule has 2 rings (SSSR count). The van der Waals surface area contributed by atoms with Crippen LogP contribution in [0.2, 0.25) is 0 Å². The van der Waals surface area contributed by atoms with Gasteiger partial charge in [0.15, 0.2) is 0 Å². The van der Waals surface area contributed by atoms with E-state index in [1.165, 1.54) is 0 Å². The van der Waals surface area contributed by atoms with Gasteiger partial charge in [-0.2, -0.15) is 0 Å². The molecule has 0 fully saturated rings. The van der Waals surface area contributed by atoms with Crippen LogP contribution in [0.4, 0.5) is 0 Å². The molecule has 0 bridgehead atoms. The maximum Gasteiger partial charge on any atom is 0.220 e. The zero-order valence-corrected chi connectivity index (χ0v) is 10.2. The summed E-state index contributed by atoms with van der Waals surface area (Å²) < 4.78 is 5.43. The fourth-order valence-corrected chi connectivity index (χ4v) is 1.89. The molecule has 1 aromatic carbocycles. The summed E-state index contributed by atoms with van der Waals surface area (Å²) in [6, 6.07) is 7.86. The van der Waals surface area contributed by atoms with Crippen LogP contribution in [0.3, 0.4) is 0 Å². The molecular formula is C14H17NO3. The highest BCUT2D eigenvalue weighted by Gasteiger charge is 2.05. The van der Waals surface area contributed by atoms with Crippen LogP contribution in [0, 0.1) is 0 Å². The number of carbonyl (C=O) groups excluding carboxylic acids is 1. The van der Waals surface area contributed by atoms with Crippen molar-refractivity contribution in [3.63, 3.8) is 0 Å². The first-order valence-electron chi connectivity index (χ1n) is 6.14. The number of para-hydroxylation sites is 1. The van der Waals surface area contributed by atoms with Crippen molar-refractivity contribution in [2.75, 3.05) is 13.2 Å². The molecule has 0 saturated heterocycles. The van der Waals surface area contributed by atoms with E-state index in [9.17, 15) is 4.79 Å². The Kier molecular flexibility index (Phi) is 4.36. The van der Waals surface area contributed by atoms with Crippen LogP contribution in [0.5, 0.6) is 0 Å². The van der Waals surface area contributed by atoms with Gasteiger partial charge in [-0.05, 0) is 24.5 Å². The Balaban J connectivity index is 1.85. The summed E-state index contributed by atoms with van der Waals surface area (Å²) in [6.45, 7) is 0.646. The highest BCUT2D eigenvalue weighted by molar-refractivity contribution is 5.81. The van der Waals surface area contributed by atoms with Crippen molar-refractivity contribution < 1.29 is 14.3 Å². The number of rotatable bonds is 6. The molecule has 1 heterocycles. The van der Waals surface area contributed by atoms with Crippen molar-refractivity contribution in [1.29, 1.82) is 0 Å². The van der Waals surface area contributed by atoms with Crippen molar-refractivity contribution in [3.05, 3.63) is 36.1 Å². The Morgan fingerprint density at radius 1 is 1.33 bits per heavy atom. The molecule has 0 saturated carbocycles. The Bertz CT molecular complexity index is 518. The third-order valence-corrected chi connectivity index (χ3v) is 2.84. The number of hydrogen-bond acceptors (Lipinski definition) is 3. The number of furan rings is 1.